The van der Waals surface area contributed by atoms with E-state index in [0.717, 1.165) is 10.4 Å². The second-order valence-corrected chi connectivity index (χ2v) is 6.93. The molecular weight excluding hydrogens is 309 g/mol. The monoisotopic (exact) mass is 323 g/mol. The summed E-state index contributed by atoms with van der Waals surface area (Å²) in [6.45, 7) is 0. The van der Waals surface area contributed by atoms with E-state index >= 15 is 0 Å². The van der Waals surface area contributed by atoms with Crippen LogP contribution in [0.2, 0.25) is 0 Å². The summed E-state index contributed by atoms with van der Waals surface area (Å²) in [7, 11) is -0.737. The summed E-state index contributed by atoms with van der Waals surface area (Å²) in [6.07, 6.45) is 0. The van der Waals surface area contributed by atoms with E-state index in [-0.39, 0.29) is 10.5 Å². The fraction of sp³-hybridized carbons (Fsp3) is 0.133. The van der Waals surface area contributed by atoms with Crippen molar-refractivity contribution in [2.24, 2.45) is 0 Å². The second-order valence-electron chi connectivity index (χ2n) is 4.78. The van der Waals surface area contributed by atoms with Crippen molar-refractivity contribution in [3.63, 3.8) is 0 Å². The molecule has 0 radical (unpaired) electrons. The Bertz CT molecular complexity index is 814. The maximum absolute atomic E-state index is 13.7. The number of aromatic carboxylic acids is 1. The van der Waals surface area contributed by atoms with Gasteiger partial charge in [-0.25, -0.2) is 21.9 Å². The van der Waals surface area contributed by atoms with E-state index in [1.54, 1.807) is 0 Å². The van der Waals surface area contributed by atoms with Crippen LogP contribution in [0.15, 0.2) is 47.4 Å². The summed E-state index contributed by atoms with van der Waals surface area (Å²) >= 11 is 0. The first-order valence-corrected chi connectivity index (χ1v) is 7.74. The third kappa shape index (κ3) is 2.86. The highest BCUT2D eigenvalue weighted by molar-refractivity contribution is 7.89. The highest BCUT2D eigenvalue weighted by Crippen LogP contribution is 2.27. The van der Waals surface area contributed by atoms with Crippen LogP contribution in [-0.4, -0.2) is 37.9 Å². The van der Waals surface area contributed by atoms with Gasteiger partial charge in [0.25, 0.3) is 0 Å². The minimum atomic E-state index is -3.57. The van der Waals surface area contributed by atoms with Gasteiger partial charge in [0.1, 0.15) is 11.4 Å². The molecular formula is C15H14FNO4S. The molecule has 0 saturated heterocycles. The molecule has 0 heterocycles. The van der Waals surface area contributed by atoms with Crippen LogP contribution in [0.4, 0.5) is 4.39 Å². The molecule has 0 aliphatic carbocycles. The summed E-state index contributed by atoms with van der Waals surface area (Å²) < 4.78 is 38.7. The minimum absolute atomic E-state index is 0.0783. The van der Waals surface area contributed by atoms with Crippen LogP contribution in [0.25, 0.3) is 11.1 Å². The maximum Gasteiger partial charge on any atom is 0.339 e. The van der Waals surface area contributed by atoms with Crippen molar-refractivity contribution in [3.05, 3.63) is 53.8 Å². The topological polar surface area (TPSA) is 74.7 Å². The minimum Gasteiger partial charge on any atom is -0.478 e. The molecule has 2 aromatic carbocycles. The predicted octanol–water partition coefficient (Wildman–Crippen LogP) is 2.44. The number of hydrogen-bond donors (Lipinski definition) is 1. The van der Waals surface area contributed by atoms with Crippen LogP contribution in [-0.2, 0) is 10.0 Å². The number of nitrogens with zero attached hydrogens (tertiary/aromatic N) is 1. The van der Waals surface area contributed by atoms with E-state index in [0.29, 0.717) is 5.56 Å². The van der Waals surface area contributed by atoms with Gasteiger partial charge in [-0.15, -0.1) is 0 Å². The zero-order valence-electron chi connectivity index (χ0n) is 11.9. The standard InChI is InChI=1S/C15H14FNO4S/c1-17(2)22(20,21)11-8-6-10(7-9-11)12-4-3-5-13(16)14(12)15(18)19/h3-9H,1-2H3,(H,18,19). The number of hydrogen-bond acceptors (Lipinski definition) is 3. The van der Waals surface area contributed by atoms with Gasteiger partial charge in [-0.3, -0.25) is 0 Å². The van der Waals surface area contributed by atoms with Gasteiger partial charge < -0.3 is 5.11 Å². The summed E-state index contributed by atoms with van der Waals surface area (Å²) in [6, 6.07) is 9.58. The maximum atomic E-state index is 13.7. The Labute approximate surface area is 127 Å². The molecule has 0 aliphatic heterocycles. The van der Waals surface area contributed by atoms with Crippen LogP contribution >= 0.6 is 0 Å². The Kier molecular flexibility index (Phi) is 4.30. The Morgan fingerprint density at radius 3 is 2.18 bits per heavy atom. The van der Waals surface area contributed by atoms with Gasteiger partial charge in [0, 0.05) is 14.1 Å². The third-order valence-electron chi connectivity index (χ3n) is 3.17. The molecule has 0 unspecified atom stereocenters. The second kappa shape index (κ2) is 5.86. The smallest absolute Gasteiger partial charge is 0.339 e. The molecule has 0 bridgehead atoms. The Morgan fingerprint density at radius 2 is 1.68 bits per heavy atom. The third-order valence-corrected chi connectivity index (χ3v) is 5.00. The Balaban J connectivity index is 2.54. The zero-order valence-corrected chi connectivity index (χ0v) is 12.8. The molecule has 0 aromatic heterocycles. The zero-order chi connectivity index (χ0) is 16.5. The first-order valence-electron chi connectivity index (χ1n) is 6.30. The first kappa shape index (κ1) is 16.1. The highest BCUT2D eigenvalue weighted by atomic mass is 32.2. The molecule has 1 N–H and O–H groups in total. The van der Waals surface area contributed by atoms with Crippen LogP contribution < -0.4 is 0 Å². The molecule has 5 nitrogen and oxygen atoms in total. The molecule has 0 fully saturated rings. The number of carbonyl (C=O) groups is 1. The summed E-state index contributed by atoms with van der Waals surface area (Å²) in [4.78, 5) is 11.3. The molecule has 22 heavy (non-hydrogen) atoms. The largest absolute Gasteiger partial charge is 0.478 e. The quantitative estimate of drug-likeness (QED) is 0.938. The van der Waals surface area contributed by atoms with Crippen molar-refractivity contribution < 1.29 is 22.7 Å². The van der Waals surface area contributed by atoms with Crippen LogP contribution in [0, 0.1) is 5.82 Å². The fourth-order valence-corrected chi connectivity index (χ4v) is 2.90. The van der Waals surface area contributed by atoms with Crippen molar-refractivity contribution in [1.82, 2.24) is 4.31 Å². The normalized spacial score (nSPS) is 11.6. The molecule has 7 heteroatoms. The van der Waals surface area contributed by atoms with Crippen molar-refractivity contribution in [2.75, 3.05) is 14.1 Å². The first-order chi connectivity index (χ1) is 10.2. The Hall–Kier alpha value is -2.25. The highest BCUT2D eigenvalue weighted by Gasteiger charge is 2.19. The summed E-state index contributed by atoms with van der Waals surface area (Å²) in [5.41, 5.74) is 0.182. The average Bonchev–Trinajstić information content (AvgIpc) is 2.46. The van der Waals surface area contributed by atoms with Gasteiger partial charge in [-0.1, -0.05) is 24.3 Å². The number of carboxylic acids is 1. The average molecular weight is 323 g/mol. The van der Waals surface area contributed by atoms with Gasteiger partial charge in [0.2, 0.25) is 10.0 Å². The number of rotatable bonds is 4. The van der Waals surface area contributed by atoms with Crippen LogP contribution in [0.5, 0.6) is 0 Å². The van der Waals surface area contributed by atoms with Gasteiger partial charge in [0.05, 0.1) is 4.90 Å². The molecule has 2 aromatic rings. The molecule has 116 valence electrons. The van der Waals surface area contributed by atoms with Gasteiger partial charge in [-0.05, 0) is 29.3 Å². The molecule has 2 rings (SSSR count). The van der Waals surface area contributed by atoms with Crippen LogP contribution in [0.3, 0.4) is 0 Å². The van der Waals surface area contributed by atoms with Gasteiger partial charge in [0.15, 0.2) is 0 Å². The number of sulfonamides is 1. The van der Waals surface area contributed by atoms with E-state index < -0.39 is 27.4 Å². The number of halogens is 1. The van der Waals surface area contributed by atoms with Gasteiger partial charge in [-0.2, -0.15) is 0 Å². The molecule has 0 saturated carbocycles. The van der Waals surface area contributed by atoms with Crippen LogP contribution in [0.1, 0.15) is 10.4 Å². The summed E-state index contributed by atoms with van der Waals surface area (Å²) in [5, 5.41) is 9.12. The SMILES string of the molecule is CN(C)S(=O)(=O)c1ccc(-c2cccc(F)c2C(=O)O)cc1. The van der Waals surface area contributed by atoms with Crippen molar-refractivity contribution in [2.45, 2.75) is 4.90 Å². The predicted molar refractivity (Wildman–Crippen MR) is 79.7 cm³/mol. The summed E-state index contributed by atoms with van der Waals surface area (Å²) in [5.74, 6) is -2.21. The molecule has 0 amide bonds. The lowest BCUT2D eigenvalue weighted by molar-refractivity contribution is 0.0693. The van der Waals surface area contributed by atoms with E-state index in [1.807, 2.05) is 0 Å². The van der Waals surface area contributed by atoms with Crippen molar-refractivity contribution in [1.29, 1.82) is 0 Å². The molecule has 0 atom stereocenters. The molecule has 0 aliphatic rings. The fourth-order valence-electron chi connectivity index (χ4n) is 2.00. The van der Waals surface area contributed by atoms with Crippen molar-refractivity contribution in [3.8, 4) is 11.1 Å². The number of benzene rings is 2. The van der Waals surface area contributed by atoms with Crippen molar-refractivity contribution >= 4 is 16.0 Å². The Morgan fingerprint density at radius 1 is 1.09 bits per heavy atom. The lowest BCUT2D eigenvalue weighted by atomic mass is 9.99. The molecule has 0 spiro atoms. The van der Waals surface area contributed by atoms with E-state index in [9.17, 15) is 17.6 Å². The van der Waals surface area contributed by atoms with E-state index in [2.05, 4.69) is 0 Å². The van der Waals surface area contributed by atoms with Gasteiger partial charge >= 0.3 is 5.97 Å². The lowest BCUT2D eigenvalue weighted by Gasteiger charge is -2.12. The van der Waals surface area contributed by atoms with E-state index in [1.165, 1.54) is 50.5 Å². The van der Waals surface area contributed by atoms with E-state index in [4.69, 9.17) is 5.11 Å². The number of carboxylic acid groups (broad SMARTS) is 1. The lowest BCUT2D eigenvalue weighted by Crippen LogP contribution is -2.22.